The molecular formula is C13H17N3S. The molecule has 0 bridgehead atoms. The minimum atomic E-state index is 0.261. The van der Waals surface area contributed by atoms with Crippen molar-refractivity contribution in [1.29, 1.82) is 0 Å². The van der Waals surface area contributed by atoms with E-state index in [4.69, 9.17) is 0 Å². The molecule has 2 aromatic heterocycles. The molecule has 1 unspecified atom stereocenters. The highest BCUT2D eigenvalue weighted by Crippen LogP contribution is 2.27. The fourth-order valence-corrected chi connectivity index (χ4v) is 2.88. The first kappa shape index (κ1) is 12.0. The van der Waals surface area contributed by atoms with E-state index in [0.29, 0.717) is 0 Å². The molecule has 3 nitrogen and oxygen atoms in total. The molecule has 0 spiro atoms. The van der Waals surface area contributed by atoms with Gasteiger partial charge in [0.25, 0.3) is 0 Å². The molecule has 1 N–H and O–H groups in total. The second-order valence-electron chi connectivity index (χ2n) is 4.29. The van der Waals surface area contributed by atoms with Gasteiger partial charge in [-0.25, -0.2) is 0 Å². The molecule has 0 aliphatic rings. The van der Waals surface area contributed by atoms with Gasteiger partial charge in [0.05, 0.1) is 11.7 Å². The normalized spacial score (nSPS) is 12.5. The third-order valence-corrected chi connectivity index (χ3v) is 3.69. The summed E-state index contributed by atoms with van der Waals surface area (Å²) < 4.78 is 0. The van der Waals surface area contributed by atoms with Gasteiger partial charge in [-0.3, -0.25) is 0 Å². The Labute approximate surface area is 106 Å². The largest absolute Gasteiger partial charge is 0.362 e. The summed E-state index contributed by atoms with van der Waals surface area (Å²) >= 11 is 1.83. The zero-order chi connectivity index (χ0) is 12.4. The summed E-state index contributed by atoms with van der Waals surface area (Å²) in [6.07, 6.45) is 0. The maximum atomic E-state index is 4.12. The van der Waals surface area contributed by atoms with Gasteiger partial charge in [0, 0.05) is 9.75 Å². The number of hydrogen-bond donors (Lipinski definition) is 1. The van der Waals surface area contributed by atoms with Crippen LogP contribution in [0.1, 0.15) is 34.0 Å². The standard InChI is InChI=1S/C13H17N3S/c1-8-5-6-13(16-15-8)14-10(3)12-7-9(2)17-11(12)4/h5-7,10H,1-4H3,(H,14,16). The molecule has 2 rings (SSSR count). The number of nitrogens with zero attached hydrogens (tertiary/aromatic N) is 2. The van der Waals surface area contributed by atoms with E-state index in [1.54, 1.807) is 0 Å². The lowest BCUT2D eigenvalue weighted by Gasteiger charge is -2.14. The molecule has 2 aromatic rings. The van der Waals surface area contributed by atoms with Crippen molar-refractivity contribution in [2.45, 2.75) is 33.7 Å². The zero-order valence-corrected chi connectivity index (χ0v) is 11.4. The van der Waals surface area contributed by atoms with Crippen molar-refractivity contribution in [1.82, 2.24) is 10.2 Å². The van der Waals surface area contributed by atoms with Crippen molar-refractivity contribution in [2.24, 2.45) is 0 Å². The minimum absolute atomic E-state index is 0.261. The van der Waals surface area contributed by atoms with Crippen LogP contribution in [0, 0.1) is 20.8 Å². The quantitative estimate of drug-likeness (QED) is 0.900. The summed E-state index contributed by atoms with van der Waals surface area (Å²) in [6, 6.07) is 6.43. The van der Waals surface area contributed by atoms with Gasteiger partial charge in [-0.15, -0.1) is 16.4 Å². The molecule has 2 heterocycles. The van der Waals surface area contributed by atoms with Crippen LogP contribution in [0.3, 0.4) is 0 Å². The van der Waals surface area contributed by atoms with Gasteiger partial charge in [-0.05, 0) is 51.5 Å². The van der Waals surface area contributed by atoms with Crippen molar-refractivity contribution < 1.29 is 0 Å². The molecule has 0 aliphatic heterocycles. The Kier molecular flexibility index (Phi) is 3.43. The van der Waals surface area contributed by atoms with E-state index < -0.39 is 0 Å². The fourth-order valence-electron chi connectivity index (χ4n) is 1.86. The first-order valence-electron chi connectivity index (χ1n) is 5.70. The Balaban J connectivity index is 2.14. The van der Waals surface area contributed by atoms with E-state index in [0.717, 1.165) is 11.5 Å². The molecule has 0 saturated carbocycles. The Morgan fingerprint density at radius 2 is 1.94 bits per heavy atom. The smallest absolute Gasteiger partial charge is 0.149 e. The Morgan fingerprint density at radius 3 is 2.47 bits per heavy atom. The average Bonchev–Trinajstić information content (AvgIpc) is 2.61. The molecule has 0 fully saturated rings. The van der Waals surface area contributed by atoms with Crippen LogP contribution < -0.4 is 5.32 Å². The monoisotopic (exact) mass is 247 g/mol. The summed E-state index contributed by atoms with van der Waals surface area (Å²) in [5.74, 6) is 0.825. The van der Waals surface area contributed by atoms with Crippen LogP contribution in [0.15, 0.2) is 18.2 Å². The molecule has 1 atom stereocenters. The van der Waals surface area contributed by atoms with Gasteiger partial charge < -0.3 is 5.32 Å². The molecule has 17 heavy (non-hydrogen) atoms. The van der Waals surface area contributed by atoms with E-state index in [2.05, 4.69) is 42.4 Å². The summed E-state index contributed by atoms with van der Waals surface area (Å²) in [6.45, 7) is 8.38. The maximum Gasteiger partial charge on any atom is 0.149 e. The summed E-state index contributed by atoms with van der Waals surface area (Å²) in [7, 11) is 0. The number of aromatic nitrogens is 2. The number of aryl methyl sites for hydroxylation is 3. The Hall–Kier alpha value is -1.42. The second-order valence-corrected chi connectivity index (χ2v) is 5.76. The van der Waals surface area contributed by atoms with E-state index >= 15 is 0 Å². The number of anilines is 1. The molecule has 4 heteroatoms. The predicted molar refractivity (Wildman–Crippen MR) is 72.6 cm³/mol. The SMILES string of the molecule is Cc1ccc(NC(C)c2cc(C)sc2C)nn1. The predicted octanol–water partition coefficient (Wildman–Crippen LogP) is 3.64. The first-order valence-corrected chi connectivity index (χ1v) is 6.51. The molecular weight excluding hydrogens is 230 g/mol. The van der Waals surface area contributed by atoms with Crippen LogP contribution in [-0.4, -0.2) is 10.2 Å². The molecule has 0 saturated heterocycles. The minimum Gasteiger partial charge on any atom is -0.362 e. The number of rotatable bonds is 3. The van der Waals surface area contributed by atoms with Crippen LogP contribution in [0.5, 0.6) is 0 Å². The molecule has 90 valence electrons. The van der Waals surface area contributed by atoms with E-state index in [1.165, 1.54) is 15.3 Å². The highest BCUT2D eigenvalue weighted by atomic mass is 32.1. The molecule has 0 radical (unpaired) electrons. The lowest BCUT2D eigenvalue weighted by molar-refractivity contribution is 0.853. The van der Waals surface area contributed by atoms with E-state index in [9.17, 15) is 0 Å². The highest BCUT2D eigenvalue weighted by Gasteiger charge is 2.11. The van der Waals surface area contributed by atoms with Gasteiger partial charge in [0.1, 0.15) is 5.82 Å². The average molecular weight is 247 g/mol. The van der Waals surface area contributed by atoms with Crippen LogP contribution >= 0.6 is 11.3 Å². The van der Waals surface area contributed by atoms with E-state index in [1.807, 2.05) is 30.4 Å². The lowest BCUT2D eigenvalue weighted by Crippen LogP contribution is -2.08. The first-order chi connectivity index (χ1) is 8.06. The Morgan fingerprint density at radius 1 is 1.18 bits per heavy atom. The van der Waals surface area contributed by atoms with Crippen molar-refractivity contribution in [3.63, 3.8) is 0 Å². The Bertz CT molecular complexity index is 502. The fraction of sp³-hybridized carbons (Fsp3) is 0.385. The number of nitrogens with one attached hydrogen (secondary N) is 1. The van der Waals surface area contributed by atoms with Gasteiger partial charge >= 0.3 is 0 Å². The van der Waals surface area contributed by atoms with Crippen molar-refractivity contribution in [3.05, 3.63) is 39.2 Å². The summed E-state index contributed by atoms with van der Waals surface area (Å²) in [5, 5.41) is 11.5. The van der Waals surface area contributed by atoms with Gasteiger partial charge in [-0.2, -0.15) is 5.10 Å². The van der Waals surface area contributed by atoms with Crippen molar-refractivity contribution in [3.8, 4) is 0 Å². The summed E-state index contributed by atoms with van der Waals surface area (Å²) in [5.41, 5.74) is 2.28. The number of hydrogen-bond acceptors (Lipinski definition) is 4. The van der Waals surface area contributed by atoms with Gasteiger partial charge in [0.2, 0.25) is 0 Å². The van der Waals surface area contributed by atoms with Crippen LogP contribution in [0.4, 0.5) is 5.82 Å². The topological polar surface area (TPSA) is 37.8 Å². The van der Waals surface area contributed by atoms with Crippen molar-refractivity contribution >= 4 is 17.2 Å². The van der Waals surface area contributed by atoms with E-state index in [-0.39, 0.29) is 6.04 Å². The number of thiophene rings is 1. The maximum absolute atomic E-state index is 4.12. The van der Waals surface area contributed by atoms with Crippen LogP contribution in [0.25, 0.3) is 0 Å². The third-order valence-electron chi connectivity index (χ3n) is 2.71. The van der Waals surface area contributed by atoms with Crippen LogP contribution in [0.2, 0.25) is 0 Å². The van der Waals surface area contributed by atoms with Crippen molar-refractivity contribution in [2.75, 3.05) is 5.32 Å². The highest BCUT2D eigenvalue weighted by molar-refractivity contribution is 7.12. The zero-order valence-electron chi connectivity index (χ0n) is 10.6. The van der Waals surface area contributed by atoms with Gasteiger partial charge in [0.15, 0.2) is 0 Å². The third kappa shape index (κ3) is 2.82. The lowest BCUT2D eigenvalue weighted by atomic mass is 10.1. The van der Waals surface area contributed by atoms with Crippen LogP contribution in [-0.2, 0) is 0 Å². The van der Waals surface area contributed by atoms with Gasteiger partial charge in [-0.1, -0.05) is 0 Å². The molecule has 0 amide bonds. The summed E-state index contributed by atoms with van der Waals surface area (Å²) in [4.78, 5) is 2.71. The second kappa shape index (κ2) is 4.84. The molecule has 0 aliphatic carbocycles. The molecule has 0 aromatic carbocycles.